The number of rotatable bonds is 4. The van der Waals surface area contributed by atoms with Crippen molar-refractivity contribution in [1.29, 1.82) is 0 Å². The fraction of sp³-hybridized carbons (Fsp3) is 0.294. The second kappa shape index (κ2) is 6.76. The summed E-state index contributed by atoms with van der Waals surface area (Å²) in [6, 6.07) is 6.79. The average Bonchev–Trinajstić information content (AvgIpc) is 3.13. The van der Waals surface area contributed by atoms with Crippen LogP contribution >= 0.6 is 0 Å². The third kappa shape index (κ3) is 3.68. The van der Waals surface area contributed by atoms with E-state index in [9.17, 15) is 4.79 Å². The highest BCUT2D eigenvalue weighted by molar-refractivity contribution is 5.93. The number of anilines is 1. The summed E-state index contributed by atoms with van der Waals surface area (Å²) in [7, 11) is 1.85. The molecule has 1 atom stereocenters. The van der Waals surface area contributed by atoms with Gasteiger partial charge in [0.05, 0.1) is 23.0 Å². The Kier molecular flexibility index (Phi) is 4.51. The van der Waals surface area contributed by atoms with Crippen molar-refractivity contribution < 1.29 is 9.21 Å². The molecular formula is C17H20N6O2. The molecule has 0 radical (unpaired) electrons. The number of hydrogen-bond donors (Lipinski definition) is 2. The Hall–Kier alpha value is -3.16. The summed E-state index contributed by atoms with van der Waals surface area (Å²) >= 11 is 0. The molecule has 8 heteroatoms. The molecule has 0 saturated heterocycles. The van der Waals surface area contributed by atoms with Crippen molar-refractivity contribution in [2.75, 3.05) is 5.32 Å². The number of urea groups is 1. The van der Waals surface area contributed by atoms with Gasteiger partial charge in [0.1, 0.15) is 0 Å². The van der Waals surface area contributed by atoms with Gasteiger partial charge in [0.15, 0.2) is 0 Å². The van der Waals surface area contributed by atoms with Crippen molar-refractivity contribution in [2.45, 2.75) is 26.8 Å². The van der Waals surface area contributed by atoms with Gasteiger partial charge < -0.3 is 15.1 Å². The van der Waals surface area contributed by atoms with Gasteiger partial charge in [-0.05, 0) is 26.0 Å². The molecule has 2 N–H and O–H groups in total. The lowest BCUT2D eigenvalue weighted by Gasteiger charge is -2.15. The Balaban J connectivity index is 1.74. The zero-order chi connectivity index (χ0) is 18.0. The molecule has 0 aliphatic carbocycles. The maximum Gasteiger partial charge on any atom is 0.319 e. The second-order valence-corrected chi connectivity index (χ2v) is 5.84. The molecule has 0 saturated carbocycles. The minimum Gasteiger partial charge on any atom is -0.421 e. The van der Waals surface area contributed by atoms with Crippen LogP contribution in [-0.4, -0.2) is 26.0 Å². The van der Waals surface area contributed by atoms with Gasteiger partial charge in [-0.2, -0.15) is 5.10 Å². The highest BCUT2D eigenvalue weighted by atomic mass is 16.4. The van der Waals surface area contributed by atoms with E-state index >= 15 is 0 Å². The van der Waals surface area contributed by atoms with Crippen molar-refractivity contribution in [2.24, 2.45) is 7.05 Å². The molecule has 0 spiro atoms. The first-order valence-electron chi connectivity index (χ1n) is 7.91. The third-order valence-corrected chi connectivity index (χ3v) is 3.80. The smallest absolute Gasteiger partial charge is 0.319 e. The maximum atomic E-state index is 12.4. The van der Waals surface area contributed by atoms with Gasteiger partial charge in [-0.25, -0.2) is 4.79 Å². The molecule has 3 aromatic rings. The summed E-state index contributed by atoms with van der Waals surface area (Å²) in [6.45, 7) is 5.55. The Labute approximate surface area is 145 Å². The highest BCUT2D eigenvalue weighted by Gasteiger charge is 2.16. The van der Waals surface area contributed by atoms with Crippen LogP contribution < -0.4 is 10.6 Å². The fourth-order valence-electron chi connectivity index (χ4n) is 2.66. The number of aryl methyl sites for hydroxylation is 3. The molecule has 2 heterocycles. The molecule has 0 bridgehead atoms. The van der Waals surface area contributed by atoms with E-state index in [1.807, 2.05) is 45.3 Å². The van der Waals surface area contributed by atoms with Crippen LogP contribution in [0.3, 0.4) is 0 Å². The number of carbonyl (C=O) groups excluding carboxylic acids is 1. The molecule has 0 aliphatic rings. The largest absolute Gasteiger partial charge is 0.421 e. The van der Waals surface area contributed by atoms with E-state index in [1.54, 1.807) is 17.7 Å². The van der Waals surface area contributed by atoms with Crippen molar-refractivity contribution in [3.63, 3.8) is 0 Å². The van der Waals surface area contributed by atoms with Crippen LogP contribution in [0.15, 0.2) is 34.9 Å². The zero-order valence-electron chi connectivity index (χ0n) is 14.6. The Bertz CT molecular complexity index is 898. The van der Waals surface area contributed by atoms with E-state index < -0.39 is 0 Å². The molecule has 1 unspecified atom stereocenters. The SMILES string of the molecule is Cc1nnc(-c2ccccc2NC(=O)NC(C)c2cn(C)nc2C)o1. The van der Waals surface area contributed by atoms with Crippen LogP contribution in [0.5, 0.6) is 0 Å². The standard InChI is InChI=1S/C17H20N6O2/c1-10(14-9-23(4)22-11(14)2)18-17(24)19-15-8-6-5-7-13(15)16-21-20-12(3)25-16/h5-10H,1-4H3,(H2,18,19,24). The lowest BCUT2D eigenvalue weighted by Crippen LogP contribution is -2.31. The molecule has 25 heavy (non-hydrogen) atoms. The van der Waals surface area contributed by atoms with Gasteiger partial charge in [-0.3, -0.25) is 4.68 Å². The number of nitrogens with one attached hydrogen (secondary N) is 2. The van der Waals surface area contributed by atoms with Crippen molar-refractivity contribution in [1.82, 2.24) is 25.3 Å². The van der Waals surface area contributed by atoms with Crippen LogP contribution in [0.2, 0.25) is 0 Å². The predicted molar refractivity (Wildman–Crippen MR) is 93.0 cm³/mol. The number of para-hydroxylation sites is 1. The minimum atomic E-state index is -0.320. The maximum absolute atomic E-state index is 12.4. The summed E-state index contributed by atoms with van der Waals surface area (Å²) < 4.78 is 7.19. The van der Waals surface area contributed by atoms with Gasteiger partial charge in [-0.15, -0.1) is 10.2 Å². The number of aromatic nitrogens is 4. The lowest BCUT2D eigenvalue weighted by molar-refractivity contribution is 0.249. The van der Waals surface area contributed by atoms with Crippen LogP contribution in [0, 0.1) is 13.8 Å². The Morgan fingerprint density at radius 3 is 2.64 bits per heavy atom. The number of benzene rings is 1. The van der Waals surface area contributed by atoms with E-state index in [4.69, 9.17) is 4.42 Å². The Morgan fingerprint density at radius 1 is 1.24 bits per heavy atom. The molecule has 130 valence electrons. The summed E-state index contributed by atoms with van der Waals surface area (Å²) in [5, 5.41) is 17.9. The van der Waals surface area contributed by atoms with Crippen LogP contribution in [0.1, 0.15) is 30.1 Å². The van der Waals surface area contributed by atoms with E-state index in [2.05, 4.69) is 25.9 Å². The van der Waals surface area contributed by atoms with E-state index in [0.717, 1.165) is 11.3 Å². The first-order valence-corrected chi connectivity index (χ1v) is 7.91. The van der Waals surface area contributed by atoms with E-state index in [-0.39, 0.29) is 12.1 Å². The molecule has 3 rings (SSSR count). The van der Waals surface area contributed by atoms with Crippen LogP contribution in [0.25, 0.3) is 11.5 Å². The van der Waals surface area contributed by atoms with E-state index in [0.29, 0.717) is 23.0 Å². The number of carbonyl (C=O) groups is 1. The second-order valence-electron chi connectivity index (χ2n) is 5.84. The monoisotopic (exact) mass is 340 g/mol. The summed E-state index contributed by atoms with van der Waals surface area (Å²) in [5.74, 6) is 0.833. The third-order valence-electron chi connectivity index (χ3n) is 3.80. The van der Waals surface area contributed by atoms with E-state index in [1.165, 1.54) is 0 Å². The molecule has 0 fully saturated rings. The quantitative estimate of drug-likeness (QED) is 0.761. The van der Waals surface area contributed by atoms with Crippen LogP contribution in [-0.2, 0) is 7.05 Å². The zero-order valence-corrected chi connectivity index (χ0v) is 14.6. The number of nitrogens with zero attached hydrogens (tertiary/aromatic N) is 4. The lowest BCUT2D eigenvalue weighted by atomic mass is 10.1. The Morgan fingerprint density at radius 2 is 2.00 bits per heavy atom. The summed E-state index contributed by atoms with van der Waals surface area (Å²) in [4.78, 5) is 12.4. The normalized spacial score (nSPS) is 12.0. The number of hydrogen-bond acceptors (Lipinski definition) is 5. The molecule has 2 amide bonds. The van der Waals surface area contributed by atoms with Gasteiger partial charge in [0.2, 0.25) is 11.8 Å². The molecule has 1 aromatic carbocycles. The fourth-order valence-corrected chi connectivity index (χ4v) is 2.66. The van der Waals surface area contributed by atoms with Gasteiger partial charge in [0.25, 0.3) is 0 Å². The first kappa shape index (κ1) is 16.7. The highest BCUT2D eigenvalue weighted by Crippen LogP contribution is 2.26. The van der Waals surface area contributed by atoms with Crippen molar-refractivity contribution >= 4 is 11.7 Å². The molecular weight excluding hydrogens is 320 g/mol. The number of amides is 2. The topological polar surface area (TPSA) is 97.9 Å². The summed E-state index contributed by atoms with van der Waals surface area (Å²) in [6.07, 6.45) is 1.90. The van der Waals surface area contributed by atoms with Gasteiger partial charge in [0, 0.05) is 25.7 Å². The van der Waals surface area contributed by atoms with Crippen LogP contribution in [0.4, 0.5) is 10.5 Å². The molecule has 8 nitrogen and oxygen atoms in total. The van der Waals surface area contributed by atoms with Gasteiger partial charge >= 0.3 is 6.03 Å². The van der Waals surface area contributed by atoms with Gasteiger partial charge in [-0.1, -0.05) is 12.1 Å². The summed E-state index contributed by atoms with van der Waals surface area (Å²) in [5.41, 5.74) is 3.12. The minimum absolute atomic E-state index is 0.175. The average molecular weight is 340 g/mol. The molecule has 0 aliphatic heterocycles. The van der Waals surface area contributed by atoms with Crippen molar-refractivity contribution in [3.05, 3.63) is 47.6 Å². The molecule has 2 aromatic heterocycles. The van der Waals surface area contributed by atoms with Crippen molar-refractivity contribution in [3.8, 4) is 11.5 Å². The predicted octanol–water partition coefficient (Wildman–Crippen LogP) is 2.97. The first-order chi connectivity index (χ1) is 11.9.